The molecule has 1 amide bonds. The average Bonchev–Trinajstić information content (AvgIpc) is 2.16. The maximum Gasteiger partial charge on any atom is 0.413 e. The molecule has 8 heteroatoms. The highest BCUT2D eigenvalue weighted by molar-refractivity contribution is 8.13. The molecule has 6 nitrogen and oxygen atoms in total. The second kappa shape index (κ2) is 5.34. The normalized spacial score (nSPS) is 12.1. The highest BCUT2D eigenvalue weighted by atomic mass is 35.7. The average molecular weight is 307 g/mol. The Bertz CT molecular complexity index is 593. The van der Waals surface area contributed by atoms with Gasteiger partial charge in [0.15, 0.2) is 5.82 Å². The fourth-order valence-electron chi connectivity index (χ4n) is 1.22. The molecule has 1 N–H and O–H groups in total. The zero-order chi connectivity index (χ0) is 14.8. The highest BCUT2D eigenvalue weighted by Crippen LogP contribution is 2.24. The summed E-state index contributed by atoms with van der Waals surface area (Å²) in [6.45, 7) is 6.73. The number of nitrogens with one attached hydrogen (secondary N) is 1. The Morgan fingerprint density at radius 1 is 1.42 bits per heavy atom. The lowest BCUT2D eigenvalue weighted by Gasteiger charge is -2.19. The topological polar surface area (TPSA) is 85.4 Å². The highest BCUT2D eigenvalue weighted by Gasteiger charge is 2.22. The van der Waals surface area contributed by atoms with Crippen molar-refractivity contribution in [2.45, 2.75) is 38.2 Å². The third kappa shape index (κ3) is 5.04. The predicted octanol–water partition coefficient (Wildman–Crippen LogP) is 2.66. The second-order valence-electron chi connectivity index (χ2n) is 4.92. The van der Waals surface area contributed by atoms with Crippen molar-refractivity contribution >= 4 is 31.6 Å². The van der Waals surface area contributed by atoms with Crippen molar-refractivity contribution in [2.75, 3.05) is 5.32 Å². The second-order valence-corrected chi connectivity index (χ2v) is 7.46. The number of amides is 1. The maximum atomic E-state index is 11.6. The fourth-order valence-corrected chi connectivity index (χ4v) is 2.24. The molecule has 0 spiro atoms. The summed E-state index contributed by atoms with van der Waals surface area (Å²) in [7, 11) is 1.29. The first-order valence-corrected chi connectivity index (χ1v) is 7.71. The molecular weight excluding hydrogens is 292 g/mol. The van der Waals surface area contributed by atoms with Gasteiger partial charge < -0.3 is 4.74 Å². The molecule has 1 aromatic rings. The number of pyridine rings is 1. The first kappa shape index (κ1) is 15.7. The van der Waals surface area contributed by atoms with E-state index in [0.29, 0.717) is 5.56 Å². The lowest BCUT2D eigenvalue weighted by molar-refractivity contribution is 0.0635. The zero-order valence-electron chi connectivity index (χ0n) is 11.0. The van der Waals surface area contributed by atoms with Crippen molar-refractivity contribution in [3.05, 3.63) is 17.8 Å². The number of ether oxygens (including phenoxy) is 1. The van der Waals surface area contributed by atoms with E-state index in [9.17, 15) is 13.2 Å². The minimum absolute atomic E-state index is 0.158. The molecule has 0 aliphatic rings. The Hall–Kier alpha value is -1.34. The van der Waals surface area contributed by atoms with Gasteiger partial charge in [-0.25, -0.2) is 18.2 Å². The summed E-state index contributed by atoms with van der Waals surface area (Å²) in [6.07, 6.45) is 0.614. The molecule has 19 heavy (non-hydrogen) atoms. The van der Waals surface area contributed by atoms with Gasteiger partial charge in [-0.2, -0.15) is 0 Å². The van der Waals surface area contributed by atoms with Gasteiger partial charge in [-0.05, 0) is 39.3 Å². The van der Waals surface area contributed by atoms with Gasteiger partial charge in [-0.15, -0.1) is 0 Å². The van der Waals surface area contributed by atoms with Crippen LogP contribution in [0.5, 0.6) is 0 Å². The van der Waals surface area contributed by atoms with E-state index in [1.807, 2.05) is 0 Å². The molecule has 1 heterocycles. The van der Waals surface area contributed by atoms with E-state index in [1.54, 1.807) is 27.7 Å². The summed E-state index contributed by atoms with van der Waals surface area (Å²) in [5, 5.41) is 2.26. The molecule has 1 rings (SSSR count). The molecule has 0 bridgehead atoms. The van der Waals surface area contributed by atoms with Crippen LogP contribution in [0, 0.1) is 6.92 Å². The standard InChI is InChI=1S/C11H15ClN2O4S/c1-7-5-8(19(12,16)17)9(13-6-7)14-10(15)18-11(2,3)4/h5-6H,1-4H3,(H,13,14,15). The van der Waals surface area contributed by atoms with Crippen molar-refractivity contribution in [1.82, 2.24) is 4.98 Å². The Labute approximate surface area is 116 Å². The smallest absolute Gasteiger partial charge is 0.413 e. The predicted molar refractivity (Wildman–Crippen MR) is 71.9 cm³/mol. The van der Waals surface area contributed by atoms with E-state index in [-0.39, 0.29) is 10.7 Å². The van der Waals surface area contributed by atoms with Crippen LogP contribution >= 0.6 is 10.7 Å². The van der Waals surface area contributed by atoms with Gasteiger partial charge in [0.1, 0.15) is 10.5 Å². The van der Waals surface area contributed by atoms with Crippen LogP contribution in [0.4, 0.5) is 10.6 Å². The minimum Gasteiger partial charge on any atom is -0.444 e. The molecule has 0 saturated heterocycles. The molecule has 1 aromatic heterocycles. The molecule has 0 fully saturated rings. The number of carbonyl (C=O) groups excluding carboxylic acids is 1. The lowest BCUT2D eigenvalue weighted by Crippen LogP contribution is -2.28. The summed E-state index contributed by atoms with van der Waals surface area (Å²) in [5.41, 5.74) is -0.0941. The summed E-state index contributed by atoms with van der Waals surface area (Å²) in [4.78, 5) is 15.2. The van der Waals surface area contributed by atoms with Crippen LogP contribution in [0.1, 0.15) is 26.3 Å². The fraction of sp³-hybridized carbons (Fsp3) is 0.455. The summed E-state index contributed by atoms with van der Waals surface area (Å²) < 4.78 is 27.8. The largest absolute Gasteiger partial charge is 0.444 e. The van der Waals surface area contributed by atoms with E-state index >= 15 is 0 Å². The summed E-state index contributed by atoms with van der Waals surface area (Å²) >= 11 is 0. The molecule has 0 unspecified atom stereocenters. The van der Waals surface area contributed by atoms with Gasteiger partial charge in [0.05, 0.1) is 0 Å². The number of rotatable bonds is 2. The monoisotopic (exact) mass is 306 g/mol. The van der Waals surface area contributed by atoms with Crippen LogP contribution in [0.3, 0.4) is 0 Å². The SMILES string of the molecule is Cc1cnc(NC(=O)OC(C)(C)C)c(S(=O)(=O)Cl)c1. The zero-order valence-corrected chi connectivity index (χ0v) is 12.6. The molecule has 0 aromatic carbocycles. The number of halogens is 1. The number of aromatic nitrogens is 1. The van der Waals surface area contributed by atoms with Gasteiger partial charge in [0.2, 0.25) is 0 Å². The van der Waals surface area contributed by atoms with Crippen LogP contribution < -0.4 is 5.32 Å². The van der Waals surface area contributed by atoms with E-state index in [4.69, 9.17) is 15.4 Å². The van der Waals surface area contributed by atoms with E-state index in [1.165, 1.54) is 12.3 Å². The number of aryl methyl sites for hydroxylation is 1. The number of hydrogen-bond acceptors (Lipinski definition) is 5. The number of nitrogens with zero attached hydrogens (tertiary/aromatic N) is 1. The van der Waals surface area contributed by atoms with E-state index in [0.717, 1.165) is 0 Å². The van der Waals surface area contributed by atoms with Gasteiger partial charge in [-0.3, -0.25) is 5.32 Å². The van der Waals surface area contributed by atoms with E-state index in [2.05, 4.69) is 10.3 Å². The minimum atomic E-state index is -4.01. The Kier molecular flexibility index (Phi) is 4.42. The number of anilines is 1. The molecule has 106 valence electrons. The van der Waals surface area contributed by atoms with Crippen molar-refractivity contribution in [3.8, 4) is 0 Å². The number of hydrogen-bond donors (Lipinski definition) is 1. The first-order chi connectivity index (χ1) is 8.49. The van der Waals surface area contributed by atoms with Crippen molar-refractivity contribution in [2.24, 2.45) is 0 Å². The summed E-state index contributed by atoms with van der Waals surface area (Å²) in [5.74, 6) is -0.158. The molecule has 0 aliphatic heterocycles. The Balaban J connectivity index is 3.06. The van der Waals surface area contributed by atoms with Gasteiger partial charge >= 0.3 is 6.09 Å². The van der Waals surface area contributed by atoms with Crippen LogP contribution in [0.2, 0.25) is 0 Å². The van der Waals surface area contributed by atoms with Crippen LogP contribution in [-0.2, 0) is 13.8 Å². The number of carbonyl (C=O) groups is 1. The van der Waals surface area contributed by atoms with Crippen molar-refractivity contribution < 1.29 is 17.9 Å². The van der Waals surface area contributed by atoms with Crippen LogP contribution in [-0.4, -0.2) is 25.1 Å². The molecule has 0 atom stereocenters. The third-order valence-corrected chi connectivity index (χ3v) is 3.21. The molecule has 0 saturated carbocycles. The van der Waals surface area contributed by atoms with Crippen molar-refractivity contribution in [3.63, 3.8) is 0 Å². The molecular formula is C11H15ClN2O4S. The maximum absolute atomic E-state index is 11.6. The molecule has 0 radical (unpaired) electrons. The van der Waals surface area contributed by atoms with Gasteiger partial charge in [0.25, 0.3) is 9.05 Å². The quantitative estimate of drug-likeness (QED) is 0.849. The molecule has 0 aliphatic carbocycles. The summed E-state index contributed by atoms with van der Waals surface area (Å²) in [6, 6.07) is 1.32. The third-order valence-electron chi connectivity index (χ3n) is 1.87. The van der Waals surface area contributed by atoms with Crippen molar-refractivity contribution in [1.29, 1.82) is 0 Å². The Morgan fingerprint density at radius 3 is 2.47 bits per heavy atom. The van der Waals surface area contributed by atoms with Crippen LogP contribution in [0.25, 0.3) is 0 Å². The van der Waals surface area contributed by atoms with E-state index < -0.39 is 20.7 Å². The van der Waals surface area contributed by atoms with Gasteiger partial charge in [0, 0.05) is 16.9 Å². The van der Waals surface area contributed by atoms with Crippen LogP contribution in [0.15, 0.2) is 17.2 Å². The lowest BCUT2D eigenvalue weighted by atomic mass is 10.2. The Morgan fingerprint density at radius 2 is 2.00 bits per heavy atom. The van der Waals surface area contributed by atoms with Gasteiger partial charge in [-0.1, -0.05) is 0 Å². The first-order valence-electron chi connectivity index (χ1n) is 5.40.